The predicted molar refractivity (Wildman–Crippen MR) is 79.3 cm³/mol. The molecule has 0 aromatic heterocycles. The molecule has 1 nitrogen and oxygen atoms in total. The van der Waals surface area contributed by atoms with E-state index in [2.05, 4.69) is 6.92 Å². The zero-order valence-electron chi connectivity index (χ0n) is 10.8. The quantitative estimate of drug-likeness (QED) is 0.396. The fraction of sp³-hybridized carbons (Fsp3) is 0.923. The second-order valence-electron chi connectivity index (χ2n) is 4.13. The zero-order chi connectivity index (χ0) is 12.1. The summed E-state index contributed by atoms with van der Waals surface area (Å²) in [5, 5.41) is 0. The summed E-state index contributed by atoms with van der Waals surface area (Å²) in [5.74, 6) is 0. The molecule has 0 bridgehead atoms. The molecule has 3 heteroatoms. The highest BCUT2D eigenvalue weighted by molar-refractivity contribution is 8.22. The van der Waals surface area contributed by atoms with Crippen molar-refractivity contribution in [2.24, 2.45) is 0 Å². The molecule has 0 spiro atoms. The Morgan fingerprint density at radius 3 is 1.94 bits per heavy atom. The summed E-state index contributed by atoms with van der Waals surface area (Å²) in [6.45, 7) is 3.06. The van der Waals surface area contributed by atoms with E-state index in [1.807, 2.05) is 6.26 Å². The van der Waals surface area contributed by atoms with Gasteiger partial charge in [0, 0.05) is 0 Å². The van der Waals surface area contributed by atoms with E-state index >= 15 is 0 Å². The molecule has 16 heavy (non-hydrogen) atoms. The van der Waals surface area contributed by atoms with Gasteiger partial charge in [-0.3, -0.25) is 0 Å². The highest BCUT2D eigenvalue weighted by Crippen LogP contribution is 2.10. The molecular weight excluding hydrogens is 236 g/mol. The summed E-state index contributed by atoms with van der Waals surface area (Å²) in [4.78, 5) is 0. The van der Waals surface area contributed by atoms with Crippen LogP contribution in [0.2, 0.25) is 0 Å². The van der Waals surface area contributed by atoms with E-state index in [1.165, 1.54) is 63.1 Å². The van der Waals surface area contributed by atoms with Gasteiger partial charge >= 0.3 is 0 Å². The number of ether oxygens (including phenoxy) is 1. The predicted octanol–water partition coefficient (Wildman–Crippen LogP) is 5.18. The minimum Gasteiger partial charge on any atom is -0.479 e. The molecule has 0 aromatic rings. The molecule has 0 heterocycles. The first-order chi connectivity index (χ1) is 7.81. The number of thiocarbonyl (C=S) groups is 1. The topological polar surface area (TPSA) is 9.23 Å². The molecule has 0 unspecified atom stereocenters. The first-order valence-corrected chi connectivity index (χ1v) is 8.15. The molecule has 0 saturated heterocycles. The van der Waals surface area contributed by atoms with Gasteiger partial charge in [0.1, 0.15) is 0 Å². The Balaban J connectivity index is 2.96. The van der Waals surface area contributed by atoms with Gasteiger partial charge in [0.05, 0.1) is 6.61 Å². The average molecular weight is 262 g/mol. The van der Waals surface area contributed by atoms with E-state index in [4.69, 9.17) is 17.0 Å². The monoisotopic (exact) mass is 262 g/mol. The third-order valence-electron chi connectivity index (χ3n) is 2.63. The summed E-state index contributed by atoms with van der Waals surface area (Å²) in [6, 6.07) is 0. The van der Waals surface area contributed by atoms with Crippen LogP contribution in [0, 0.1) is 0 Å². The Kier molecular flexibility index (Phi) is 13.5. The van der Waals surface area contributed by atoms with Crippen molar-refractivity contribution in [3.63, 3.8) is 0 Å². The molecule has 0 aliphatic rings. The average Bonchev–Trinajstić information content (AvgIpc) is 2.31. The van der Waals surface area contributed by atoms with E-state index in [0.717, 1.165) is 13.0 Å². The lowest BCUT2D eigenvalue weighted by molar-refractivity contribution is 0.308. The highest BCUT2D eigenvalue weighted by Gasteiger charge is 1.95. The Hall–Kier alpha value is 0.240. The Labute approximate surface area is 111 Å². The minimum absolute atomic E-state index is 0.680. The van der Waals surface area contributed by atoms with Gasteiger partial charge in [0.2, 0.25) is 4.38 Å². The molecule has 0 radical (unpaired) electrons. The van der Waals surface area contributed by atoms with Crippen LogP contribution in [0.5, 0.6) is 0 Å². The number of hydrogen-bond acceptors (Lipinski definition) is 3. The lowest BCUT2D eigenvalue weighted by atomic mass is 10.1. The lowest BCUT2D eigenvalue weighted by Crippen LogP contribution is -1.98. The first-order valence-electron chi connectivity index (χ1n) is 6.52. The molecule has 0 amide bonds. The summed E-state index contributed by atoms with van der Waals surface area (Å²) >= 11 is 6.47. The second-order valence-corrected chi connectivity index (χ2v) is 5.54. The number of thioether (sulfide) groups is 1. The molecule has 96 valence electrons. The largest absolute Gasteiger partial charge is 0.479 e. The molecule has 0 atom stereocenters. The van der Waals surface area contributed by atoms with Gasteiger partial charge in [-0.2, -0.15) is 0 Å². The Morgan fingerprint density at radius 1 is 0.938 bits per heavy atom. The van der Waals surface area contributed by atoms with Crippen molar-refractivity contribution < 1.29 is 4.74 Å². The van der Waals surface area contributed by atoms with E-state index in [9.17, 15) is 0 Å². The minimum atomic E-state index is 0.680. The van der Waals surface area contributed by atoms with Crippen molar-refractivity contribution in [2.75, 3.05) is 12.9 Å². The molecule has 0 N–H and O–H groups in total. The molecule has 0 aromatic carbocycles. The third kappa shape index (κ3) is 12.3. The Morgan fingerprint density at radius 2 is 1.44 bits per heavy atom. The van der Waals surface area contributed by atoms with Gasteiger partial charge in [0.15, 0.2) is 0 Å². The molecular formula is C13H26OS2. The van der Waals surface area contributed by atoms with Gasteiger partial charge in [-0.05, 0) is 24.9 Å². The molecule has 0 aliphatic carbocycles. The van der Waals surface area contributed by atoms with Crippen molar-refractivity contribution in [1.29, 1.82) is 0 Å². The summed E-state index contributed by atoms with van der Waals surface area (Å²) in [6.07, 6.45) is 14.1. The maximum absolute atomic E-state index is 5.35. The summed E-state index contributed by atoms with van der Waals surface area (Å²) in [5.41, 5.74) is 0. The van der Waals surface area contributed by atoms with E-state index in [0.29, 0.717) is 4.38 Å². The normalized spacial score (nSPS) is 10.4. The van der Waals surface area contributed by atoms with Crippen molar-refractivity contribution in [3.05, 3.63) is 0 Å². The van der Waals surface area contributed by atoms with E-state index in [1.54, 1.807) is 0 Å². The van der Waals surface area contributed by atoms with Crippen molar-refractivity contribution in [2.45, 2.75) is 64.7 Å². The van der Waals surface area contributed by atoms with Gasteiger partial charge in [-0.15, -0.1) is 0 Å². The van der Waals surface area contributed by atoms with Crippen LogP contribution in [-0.2, 0) is 4.74 Å². The lowest BCUT2D eigenvalue weighted by Gasteiger charge is -2.04. The summed E-state index contributed by atoms with van der Waals surface area (Å²) in [7, 11) is 0. The van der Waals surface area contributed by atoms with Gasteiger partial charge < -0.3 is 4.74 Å². The van der Waals surface area contributed by atoms with Gasteiger partial charge in [0.25, 0.3) is 0 Å². The van der Waals surface area contributed by atoms with Crippen LogP contribution in [-0.4, -0.2) is 17.2 Å². The van der Waals surface area contributed by atoms with Crippen molar-refractivity contribution in [1.82, 2.24) is 0 Å². The van der Waals surface area contributed by atoms with E-state index in [-0.39, 0.29) is 0 Å². The number of rotatable bonds is 10. The maximum Gasteiger partial charge on any atom is 0.219 e. The fourth-order valence-corrected chi connectivity index (χ4v) is 1.91. The molecule has 0 fully saturated rings. The van der Waals surface area contributed by atoms with Gasteiger partial charge in [-0.1, -0.05) is 70.1 Å². The third-order valence-corrected chi connectivity index (χ3v) is 3.70. The van der Waals surface area contributed by atoms with Crippen LogP contribution in [0.15, 0.2) is 0 Å². The smallest absolute Gasteiger partial charge is 0.219 e. The van der Waals surface area contributed by atoms with E-state index < -0.39 is 0 Å². The van der Waals surface area contributed by atoms with Crippen LogP contribution < -0.4 is 0 Å². The fourth-order valence-electron chi connectivity index (χ4n) is 1.63. The number of hydrogen-bond donors (Lipinski definition) is 0. The Bertz CT molecular complexity index is 160. The van der Waals surface area contributed by atoms with Crippen molar-refractivity contribution >= 4 is 28.4 Å². The first kappa shape index (κ1) is 16.2. The molecule has 0 saturated carbocycles. The summed E-state index contributed by atoms with van der Waals surface area (Å²) < 4.78 is 6.03. The second kappa shape index (κ2) is 13.3. The zero-order valence-corrected chi connectivity index (χ0v) is 12.4. The SMILES string of the molecule is CCCCCCCCCCCOC(=S)SC. The maximum atomic E-state index is 5.35. The number of unbranched alkanes of at least 4 members (excludes halogenated alkanes) is 8. The van der Waals surface area contributed by atoms with Crippen LogP contribution in [0.1, 0.15) is 64.7 Å². The van der Waals surface area contributed by atoms with Crippen LogP contribution in [0.3, 0.4) is 0 Å². The van der Waals surface area contributed by atoms with Crippen LogP contribution in [0.25, 0.3) is 0 Å². The molecule has 0 aliphatic heterocycles. The standard InChI is InChI=1S/C13H26OS2/c1-3-4-5-6-7-8-9-10-11-12-14-13(15)16-2/h3-12H2,1-2H3. The van der Waals surface area contributed by atoms with Crippen molar-refractivity contribution in [3.8, 4) is 0 Å². The molecule has 0 rings (SSSR count). The van der Waals surface area contributed by atoms with Gasteiger partial charge in [-0.25, -0.2) is 0 Å². The van der Waals surface area contributed by atoms with Crippen LogP contribution >= 0.6 is 24.0 Å². The van der Waals surface area contributed by atoms with Crippen LogP contribution in [0.4, 0.5) is 0 Å². The highest BCUT2D eigenvalue weighted by atomic mass is 32.2.